The molecule has 5 heteroatoms. The van der Waals surface area contributed by atoms with Crippen LogP contribution in [0.1, 0.15) is 33.1 Å². The number of carbonyl (C=O) groups is 2. The number of nitrogens with zero attached hydrogens (tertiary/aromatic N) is 1. The number of carbonyl (C=O) groups excluding carboxylic acids is 2. The van der Waals surface area contributed by atoms with E-state index >= 15 is 0 Å². The molecule has 2 saturated heterocycles. The zero-order valence-corrected chi connectivity index (χ0v) is 10.4. The molecule has 2 heterocycles. The number of ether oxygens (including phenoxy) is 2. The second-order valence-corrected chi connectivity index (χ2v) is 5.16. The van der Waals surface area contributed by atoms with Crippen LogP contribution in [0.25, 0.3) is 0 Å². The molecule has 2 rings (SSSR count). The minimum Gasteiger partial charge on any atom is -0.422 e. The standard InChI is InChI=1S/C12H19NO4/c1-12(2)16-10(14)9(11(15)17-12)8-13-6-4-3-5-7-13/h9H,3-8H2,1-2H3. The summed E-state index contributed by atoms with van der Waals surface area (Å²) in [6, 6.07) is 0. The van der Waals surface area contributed by atoms with E-state index in [0.29, 0.717) is 6.54 Å². The van der Waals surface area contributed by atoms with Gasteiger partial charge in [0.15, 0.2) is 5.92 Å². The van der Waals surface area contributed by atoms with Gasteiger partial charge in [-0.05, 0) is 25.9 Å². The van der Waals surface area contributed by atoms with Crippen molar-refractivity contribution in [2.24, 2.45) is 5.92 Å². The van der Waals surface area contributed by atoms with Crippen molar-refractivity contribution in [3.05, 3.63) is 0 Å². The lowest BCUT2D eigenvalue weighted by Crippen LogP contribution is -2.50. The van der Waals surface area contributed by atoms with Gasteiger partial charge in [-0.15, -0.1) is 0 Å². The van der Waals surface area contributed by atoms with Gasteiger partial charge in [0.05, 0.1) is 0 Å². The molecule has 5 nitrogen and oxygen atoms in total. The third-order valence-electron chi connectivity index (χ3n) is 3.15. The molecule has 0 unspecified atom stereocenters. The first-order chi connectivity index (χ1) is 7.98. The quantitative estimate of drug-likeness (QED) is 0.531. The highest BCUT2D eigenvalue weighted by molar-refractivity contribution is 5.96. The third kappa shape index (κ3) is 2.97. The van der Waals surface area contributed by atoms with Crippen LogP contribution in [0, 0.1) is 5.92 Å². The monoisotopic (exact) mass is 241 g/mol. The van der Waals surface area contributed by atoms with E-state index in [1.54, 1.807) is 13.8 Å². The van der Waals surface area contributed by atoms with E-state index in [0.717, 1.165) is 25.9 Å². The second kappa shape index (κ2) is 4.64. The van der Waals surface area contributed by atoms with Gasteiger partial charge < -0.3 is 14.4 Å². The number of hydrogen-bond acceptors (Lipinski definition) is 5. The van der Waals surface area contributed by atoms with Gasteiger partial charge in [0.2, 0.25) is 0 Å². The topological polar surface area (TPSA) is 55.8 Å². The average Bonchev–Trinajstić information content (AvgIpc) is 2.24. The summed E-state index contributed by atoms with van der Waals surface area (Å²) in [6.45, 7) is 5.45. The molecule has 0 aliphatic carbocycles. The molecule has 2 aliphatic heterocycles. The van der Waals surface area contributed by atoms with E-state index in [2.05, 4.69) is 4.90 Å². The summed E-state index contributed by atoms with van der Waals surface area (Å²) in [5.41, 5.74) is 0. The predicted molar refractivity (Wildman–Crippen MR) is 60.0 cm³/mol. The summed E-state index contributed by atoms with van der Waals surface area (Å²) in [5.74, 6) is -2.82. The van der Waals surface area contributed by atoms with Gasteiger partial charge in [0.25, 0.3) is 5.79 Å². The van der Waals surface area contributed by atoms with Crippen LogP contribution < -0.4 is 0 Å². The van der Waals surface area contributed by atoms with Gasteiger partial charge in [-0.25, -0.2) is 0 Å². The lowest BCUT2D eigenvalue weighted by atomic mass is 10.1. The molecule has 0 aromatic carbocycles. The first-order valence-electron chi connectivity index (χ1n) is 6.16. The Kier molecular flexibility index (Phi) is 3.38. The van der Waals surface area contributed by atoms with Crippen molar-refractivity contribution < 1.29 is 19.1 Å². The second-order valence-electron chi connectivity index (χ2n) is 5.16. The molecule has 0 bridgehead atoms. The van der Waals surface area contributed by atoms with Crippen molar-refractivity contribution >= 4 is 11.9 Å². The van der Waals surface area contributed by atoms with E-state index in [-0.39, 0.29) is 0 Å². The summed E-state index contributed by atoms with van der Waals surface area (Å²) in [4.78, 5) is 25.6. The highest BCUT2D eigenvalue weighted by atomic mass is 16.7. The minimum atomic E-state index is -1.12. The van der Waals surface area contributed by atoms with Crippen LogP contribution in [0.5, 0.6) is 0 Å². The molecule has 0 saturated carbocycles. The molecular weight excluding hydrogens is 222 g/mol. The zero-order valence-electron chi connectivity index (χ0n) is 10.4. The summed E-state index contributed by atoms with van der Waals surface area (Å²) in [7, 11) is 0. The molecule has 0 atom stereocenters. The Labute approximate surface area is 101 Å². The van der Waals surface area contributed by atoms with Crippen LogP contribution in [0.2, 0.25) is 0 Å². The largest absolute Gasteiger partial charge is 0.422 e. The Morgan fingerprint density at radius 2 is 1.65 bits per heavy atom. The van der Waals surface area contributed by atoms with Crippen molar-refractivity contribution in [1.82, 2.24) is 4.90 Å². The van der Waals surface area contributed by atoms with Crippen LogP contribution in [0.3, 0.4) is 0 Å². The van der Waals surface area contributed by atoms with E-state index in [9.17, 15) is 9.59 Å². The van der Waals surface area contributed by atoms with Gasteiger partial charge in [-0.1, -0.05) is 6.42 Å². The minimum absolute atomic E-state index is 0.424. The van der Waals surface area contributed by atoms with Crippen molar-refractivity contribution in [3.63, 3.8) is 0 Å². The predicted octanol–water partition coefficient (Wildman–Crippen LogP) is 0.925. The fourth-order valence-corrected chi connectivity index (χ4v) is 2.29. The molecule has 0 amide bonds. The Hall–Kier alpha value is -1.10. The summed E-state index contributed by atoms with van der Waals surface area (Å²) in [5, 5.41) is 0. The number of hydrogen-bond donors (Lipinski definition) is 0. The fourth-order valence-electron chi connectivity index (χ4n) is 2.29. The summed E-state index contributed by atoms with van der Waals surface area (Å²) >= 11 is 0. The van der Waals surface area contributed by atoms with Crippen molar-refractivity contribution in [3.8, 4) is 0 Å². The molecule has 0 spiro atoms. The molecule has 2 aliphatic rings. The molecule has 0 radical (unpaired) electrons. The molecule has 17 heavy (non-hydrogen) atoms. The first kappa shape index (κ1) is 12.4. The molecule has 2 fully saturated rings. The van der Waals surface area contributed by atoms with Crippen LogP contribution in [0.15, 0.2) is 0 Å². The molecule has 0 N–H and O–H groups in total. The fraction of sp³-hybridized carbons (Fsp3) is 0.833. The van der Waals surface area contributed by atoms with Gasteiger partial charge in [0, 0.05) is 20.4 Å². The van der Waals surface area contributed by atoms with Gasteiger partial charge >= 0.3 is 11.9 Å². The number of esters is 2. The van der Waals surface area contributed by atoms with E-state index < -0.39 is 23.6 Å². The maximum absolute atomic E-state index is 11.7. The zero-order chi connectivity index (χ0) is 12.5. The summed E-state index contributed by atoms with van der Waals surface area (Å²) < 4.78 is 10.2. The first-order valence-corrected chi connectivity index (χ1v) is 6.16. The highest BCUT2D eigenvalue weighted by Gasteiger charge is 2.43. The highest BCUT2D eigenvalue weighted by Crippen LogP contribution is 2.24. The van der Waals surface area contributed by atoms with Crippen LogP contribution >= 0.6 is 0 Å². The molecule has 96 valence electrons. The number of likely N-dealkylation sites (tertiary alicyclic amines) is 1. The Bertz CT molecular complexity index is 300. The SMILES string of the molecule is CC1(C)OC(=O)C(CN2CCCCC2)C(=O)O1. The molecule has 0 aromatic heterocycles. The van der Waals surface area contributed by atoms with Crippen molar-refractivity contribution in [2.45, 2.75) is 38.9 Å². The van der Waals surface area contributed by atoms with Crippen LogP contribution in [-0.4, -0.2) is 42.3 Å². The molecule has 0 aromatic rings. The van der Waals surface area contributed by atoms with E-state index in [1.807, 2.05) is 0 Å². The van der Waals surface area contributed by atoms with Crippen LogP contribution in [-0.2, 0) is 19.1 Å². The van der Waals surface area contributed by atoms with Gasteiger partial charge in [0.1, 0.15) is 0 Å². The van der Waals surface area contributed by atoms with Crippen molar-refractivity contribution in [1.29, 1.82) is 0 Å². The lowest BCUT2D eigenvalue weighted by Gasteiger charge is -2.35. The van der Waals surface area contributed by atoms with Gasteiger partial charge in [-0.2, -0.15) is 0 Å². The average molecular weight is 241 g/mol. The number of cyclic esters (lactones) is 2. The smallest absolute Gasteiger partial charge is 0.324 e. The van der Waals surface area contributed by atoms with Crippen molar-refractivity contribution in [2.75, 3.05) is 19.6 Å². The van der Waals surface area contributed by atoms with Crippen LogP contribution in [0.4, 0.5) is 0 Å². The maximum Gasteiger partial charge on any atom is 0.324 e. The Balaban J connectivity index is 1.96. The summed E-state index contributed by atoms with van der Waals surface area (Å²) in [6.07, 6.45) is 3.48. The number of rotatable bonds is 2. The Morgan fingerprint density at radius 1 is 1.12 bits per heavy atom. The van der Waals surface area contributed by atoms with Gasteiger partial charge in [-0.3, -0.25) is 9.59 Å². The maximum atomic E-state index is 11.7. The van der Waals surface area contributed by atoms with E-state index in [1.165, 1.54) is 6.42 Å². The van der Waals surface area contributed by atoms with E-state index in [4.69, 9.17) is 9.47 Å². The lowest BCUT2D eigenvalue weighted by molar-refractivity contribution is -0.240. The molecular formula is C12H19NO4. The normalized spacial score (nSPS) is 26.5. The Morgan fingerprint density at radius 3 is 2.18 bits per heavy atom. The third-order valence-corrected chi connectivity index (χ3v) is 3.15. The number of piperidine rings is 1.